The molecule has 1 aliphatic heterocycles. The van der Waals surface area contributed by atoms with Gasteiger partial charge in [0.1, 0.15) is 0 Å². The summed E-state index contributed by atoms with van der Waals surface area (Å²) < 4.78 is 10.0. The molecule has 0 aromatic heterocycles. The van der Waals surface area contributed by atoms with Crippen LogP contribution in [0.5, 0.6) is 0 Å². The number of hydrogen-bond donors (Lipinski definition) is 1. The molecule has 108 valence electrons. The molecule has 1 heterocycles. The number of esters is 1. The molecule has 1 saturated heterocycles. The van der Waals surface area contributed by atoms with Gasteiger partial charge in [-0.2, -0.15) is 0 Å². The number of carbonyl (C=O) groups excluding carboxylic acids is 2. The van der Waals surface area contributed by atoms with Crippen molar-refractivity contribution in [1.82, 2.24) is 5.32 Å². The molecule has 5 heteroatoms. The predicted octanol–water partition coefficient (Wildman–Crippen LogP) is 1.57. The van der Waals surface area contributed by atoms with E-state index in [2.05, 4.69) is 12.2 Å². The molecule has 0 unspecified atom stereocenters. The molecule has 5 nitrogen and oxygen atoms in total. The highest BCUT2D eigenvalue weighted by atomic mass is 16.5. The largest absolute Gasteiger partial charge is 0.466 e. The standard InChI is InChI=1S/C14H23NO4/c1-4-6-11(3)7-12(16)15-14(9-18-10-14)8-13(17)19-5-2/h7H,4-6,8-10H2,1-3H3,(H,15,16)/b11-7+. The van der Waals surface area contributed by atoms with Gasteiger partial charge in [0, 0.05) is 6.08 Å². The first-order valence-electron chi connectivity index (χ1n) is 6.74. The van der Waals surface area contributed by atoms with Crippen molar-refractivity contribution in [2.24, 2.45) is 0 Å². The summed E-state index contributed by atoms with van der Waals surface area (Å²) in [7, 11) is 0. The van der Waals surface area contributed by atoms with Crippen molar-refractivity contribution in [3.8, 4) is 0 Å². The molecule has 19 heavy (non-hydrogen) atoms. The summed E-state index contributed by atoms with van der Waals surface area (Å²) >= 11 is 0. The van der Waals surface area contributed by atoms with Crippen LogP contribution in [-0.4, -0.2) is 37.2 Å². The highest BCUT2D eigenvalue weighted by Gasteiger charge is 2.42. The number of rotatable bonds is 7. The minimum atomic E-state index is -0.591. The van der Waals surface area contributed by atoms with Gasteiger partial charge in [0.05, 0.1) is 31.8 Å². The SMILES string of the molecule is CCC/C(C)=C/C(=O)NC1(CC(=O)OCC)COC1. The van der Waals surface area contributed by atoms with Crippen LogP contribution in [0.2, 0.25) is 0 Å². The van der Waals surface area contributed by atoms with Gasteiger partial charge in [-0.05, 0) is 20.3 Å². The molecule has 1 fully saturated rings. The molecule has 1 amide bonds. The number of amides is 1. The second-order valence-corrected chi connectivity index (χ2v) is 4.98. The first-order valence-corrected chi connectivity index (χ1v) is 6.74. The van der Waals surface area contributed by atoms with Crippen LogP contribution in [0.3, 0.4) is 0 Å². The van der Waals surface area contributed by atoms with E-state index in [1.807, 2.05) is 6.92 Å². The molecule has 1 N–H and O–H groups in total. The van der Waals surface area contributed by atoms with Crippen LogP contribution in [-0.2, 0) is 19.1 Å². The highest BCUT2D eigenvalue weighted by molar-refractivity contribution is 5.89. The van der Waals surface area contributed by atoms with E-state index >= 15 is 0 Å². The summed E-state index contributed by atoms with van der Waals surface area (Å²) in [5.41, 5.74) is 0.443. The predicted molar refractivity (Wildman–Crippen MR) is 71.6 cm³/mol. The van der Waals surface area contributed by atoms with Gasteiger partial charge in [-0.15, -0.1) is 0 Å². The fraction of sp³-hybridized carbons (Fsp3) is 0.714. The zero-order chi connectivity index (χ0) is 14.3. The summed E-state index contributed by atoms with van der Waals surface area (Å²) in [6.07, 6.45) is 3.66. The molecule has 1 aliphatic rings. The average molecular weight is 269 g/mol. The molecule has 0 aromatic rings. The van der Waals surface area contributed by atoms with Crippen molar-refractivity contribution >= 4 is 11.9 Å². The Bertz CT molecular complexity index is 358. The monoisotopic (exact) mass is 269 g/mol. The van der Waals surface area contributed by atoms with Crippen LogP contribution < -0.4 is 5.32 Å². The smallest absolute Gasteiger partial charge is 0.308 e. The van der Waals surface area contributed by atoms with E-state index in [4.69, 9.17) is 9.47 Å². The zero-order valence-corrected chi connectivity index (χ0v) is 12.0. The average Bonchev–Trinajstić information content (AvgIpc) is 2.26. The van der Waals surface area contributed by atoms with Crippen molar-refractivity contribution in [3.05, 3.63) is 11.6 Å². The van der Waals surface area contributed by atoms with Crippen molar-refractivity contribution in [2.45, 2.75) is 45.6 Å². The van der Waals surface area contributed by atoms with Crippen LogP contribution in [0.15, 0.2) is 11.6 Å². The highest BCUT2D eigenvalue weighted by Crippen LogP contribution is 2.22. The van der Waals surface area contributed by atoms with E-state index in [1.165, 1.54) is 0 Å². The van der Waals surface area contributed by atoms with Gasteiger partial charge in [-0.3, -0.25) is 9.59 Å². The van der Waals surface area contributed by atoms with Gasteiger partial charge in [-0.25, -0.2) is 0 Å². The number of nitrogens with one attached hydrogen (secondary N) is 1. The quantitative estimate of drug-likeness (QED) is 0.563. The number of ether oxygens (including phenoxy) is 2. The van der Waals surface area contributed by atoms with E-state index in [0.717, 1.165) is 18.4 Å². The van der Waals surface area contributed by atoms with E-state index in [9.17, 15) is 9.59 Å². The number of allylic oxidation sites excluding steroid dienone is 1. The Balaban J connectivity index is 2.54. The summed E-state index contributed by atoms with van der Waals surface area (Å²) in [6.45, 7) is 6.82. The minimum absolute atomic E-state index is 0.160. The molecule has 0 atom stereocenters. The van der Waals surface area contributed by atoms with Crippen LogP contribution in [0, 0.1) is 0 Å². The molecule has 0 saturated carbocycles. The van der Waals surface area contributed by atoms with Crippen LogP contribution >= 0.6 is 0 Å². The van der Waals surface area contributed by atoms with Crippen molar-refractivity contribution < 1.29 is 19.1 Å². The Hall–Kier alpha value is -1.36. The molecule has 0 spiro atoms. The third-order valence-corrected chi connectivity index (χ3v) is 2.95. The molecule has 0 aliphatic carbocycles. The maximum atomic E-state index is 11.9. The second-order valence-electron chi connectivity index (χ2n) is 4.98. The minimum Gasteiger partial charge on any atom is -0.466 e. The Labute approximate surface area is 114 Å². The van der Waals surface area contributed by atoms with Crippen LogP contribution in [0.25, 0.3) is 0 Å². The van der Waals surface area contributed by atoms with Crippen molar-refractivity contribution in [2.75, 3.05) is 19.8 Å². The van der Waals surface area contributed by atoms with Crippen molar-refractivity contribution in [1.29, 1.82) is 0 Å². The van der Waals surface area contributed by atoms with Gasteiger partial charge < -0.3 is 14.8 Å². The lowest BCUT2D eigenvalue weighted by Crippen LogP contribution is -2.63. The molecule has 0 radical (unpaired) electrons. The lowest BCUT2D eigenvalue weighted by Gasteiger charge is -2.41. The lowest BCUT2D eigenvalue weighted by molar-refractivity contribution is -0.154. The summed E-state index contributed by atoms with van der Waals surface area (Å²) in [4.78, 5) is 23.4. The zero-order valence-electron chi connectivity index (χ0n) is 12.0. The molecule has 0 aromatic carbocycles. The first kappa shape index (κ1) is 15.7. The summed E-state index contributed by atoms with van der Waals surface area (Å²) in [6, 6.07) is 0. The maximum Gasteiger partial charge on any atom is 0.308 e. The summed E-state index contributed by atoms with van der Waals surface area (Å²) in [5.74, 6) is -0.473. The molecule has 1 rings (SSSR count). The van der Waals surface area contributed by atoms with Gasteiger partial charge >= 0.3 is 5.97 Å². The molecular weight excluding hydrogens is 246 g/mol. The first-order chi connectivity index (χ1) is 9.01. The molecular formula is C14H23NO4. The Kier molecular flexibility index (Phi) is 6.02. The number of carbonyl (C=O) groups is 2. The fourth-order valence-electron chi connectivity index (χ4n) is 2.04. The second kappa shape index (κ2) is 7.28. The Morgan fingerprint density at radius 3 is 2.53 bits per heavy atom. The molecule has 0 bridgehead atoms. The van der Waals surface area contributed by atoms with Gasteiger partial charge in [0.2, 0.25) is 5.91 Å². The van der Waals surface area contributed by atoms with Crippen LogP contribution in [0.4, 0.5) is 0 Å². The Morgan fingerprint density at radius 1 is 1.37 bits per heavy atom. The topological polar surface area (TPSA) is 64.6 Å². The van der Waals surface area contributed by atoms with Crippen molar-refractivity contribution in [3.63, 3.8) is 0 Å². The maximum absolute atomic E-state index is 11.9. The number of hydrogen-bond acceptors (Lipinski definition) is 4. The van der Waals surface area contributed by atoms with E-state index in [1.54, 1.807) is 13.0 Å². The van der Waals surface area contributed by atoms with E-state index in [-0.39, 0.29) is 18.3 Å². The lowest BCUT2D eigenvalue weighted by atomic mass is 9.93. The van der Waals surface area contributed by atoms with E-state index in [0.29, 0.717) is 19.8 Å². The van der Waals surface area contributed by atoms with Gasteiger partial charge in [-0.1, -0.05) is 18.9 Å². The van der Waals surface area contributed by atoms with Gasteiger partial charge in [0.25, 0.3) is 0 Å². The van der Waals surface area contributed by atoms with Crippen LogP contribution in [0.1, 0.15) is 40.0 Å². The third kappa shape index (κ3) is 5.03. The Morgan fingerprint density at radius 2 is 2.05 bits per heavy atom. The van der Waals surface area contributed by atoms with Gasteiger partial charge in [0.15, 0.2) is 0 Å². The normalized spacial score (nSPS) is 17.5. The fourth-order valence-corrected chi connectivity index (χ4v) is 2.04. The summed E-state index contributed by atoms with van der Waals surface area (Å²) in [5, 5.41) is 2.87. The van der Waals surface area contributed by atoms with E-state index < -0.39 is 5.54 Å². The third-order valence-electron chi connectivity index (χ3n) is 2.95.